The van der Waals surface area contributed by atoms with Gasteiger partial charge in [0.25, 0.3) is 0 Å². The SMILES string of the molecule is C[C@]1(C(=O)NC(=O)[C@@]2(C)CCC[C@]3(C)c4cc(N(Cc5ccccc5)Cc5ccccc5)ccc4CC[C@@H]23)CCC[C@]2(C)c3cc(N)ccc3CC[C@@H]12. The highest BCUT2D eigenvalue weighted by Gasteiger charge is 2.58. The minimum absolute atomic E-state index is 0.0678. The molecule has 3 N–H and O–H groups in total. The molecule has 4 aliphatic carbocycles. The molecule has 4 aromatic rings. The molecule has 0 unspecified atom stereocenters. The van der Waals surface area contributed by atoms with Crippen molar-refractivity contribution in [1.29, 1.82) is 0 Å². The fourth-order valence-corrected chi connectivity index (χ4v) is 11.9. The molecule has 4 aromatic carbocycles. The standard InChI is InChI=1S/C48H57N3O2/c1-45-25-11-27-47(3,41(45)23-19-35-17-21-37(49)29-39(35)45)43(52)50-44(53)48(4)28-12-26-46(2)40-30-38(22-18-36(40)20-24-42(46)48)51(31-33-13-7-5-8-14-33)32-34-15-9-6-10-16-34/h5-10,13-18,21-22,29-30,41-42H,11-12,19-20,23-28,31-32,49H2,1-4H3,(H,50,52,53)/t41-,42-,45-,46-,47+,48+/m1/s1. The topological polar surface area (TPSA) is 75.4 Å². The zero-order chi connectivity index (χ0) is 37.0. The number of carbonyl (C=O) groups is 2. The van der Waals surface area contributed by atoms with Crippen molar-refractivity contribution in [1.82, 2.24) is 5.32 Å². The Kier molecular flexibility index (Phi) is 9.07. The van der Waals surface area contributed by atoms with Crippen LogP contribution in [0.2, 0.25) is 0 Å². The third-order valence-corrected chi connectivity index (χ3v) is 14.8. The second-order valence-corrected chi connectivity index (χ2v) is 17.9. The lowest BCUT2D eigenvalue weighted by molar-refractivity contribution is -0.150. The summed E-state index contributed by atoms with van der Waals surface area (Å²) in [5.41, 5.74) is 14.8. The molecule has 0 aromatic heterocycles. The van der Waals surface area contributed by atoms with Gasteiger partial charge in [0.1, 0.15) is 0 Å². The van der Waals surface area contributed by atoms with Crippen molar-refractivity contribution < 1.29 is 9.59 Å². The first-order valence-electron chi connectivity index (χ1n) is 20.2. The summed E-state index contributed by atoms with van der Waals surface area (Å²) >= 11 is 0. The Morgan fingerprint density at radius 2 is 1.11 bits per heavy atom. The van der Waals surface area contributed by atoms with Crippen molar-refractivity contribution in [2.75, 3.05) is 10.6 Å². The van der Waals surface area contributed by atoms with Crippen LogP contribution in [0, 0.1) is 22.7 Å². The van der Waals surface area contributed by atoms with Gasteiger partial charge in [0.2, 0.25) is 11.8 Å². The molecule has 0 saturated heterocycles. The summed E-state index contributed by atoms with van der Waals surface area (Å²) in [7, 11) is 0. The smallest absolute Gasteiger partial charge is 0.232 e. The van der Waals surface area contributed by atoms with Crippen molar-refractivity contribution in [2.45, 2.75) is 116 Å². The average molecular weight is 708 g/mol. The van der Waals surface area contributed by atoms with E-state index in [-0.39, 0.29) is 34.5 Å². The summed E-state index contributed by atoms with van der Waals surface area (Å²) in [4.78, 5) is 31.8. The number of nitrogen functional groups attached to an aromatic ring is 1. The first kappa shape index (κ1) is 35.6. The molecule has 0 aliphatic heterocycles. The van der Waals surface area contributed by atoms with E-state index in [9.17, 15) is 9.59 Å². The van der Waals surface area contributed by atoms with Crippen molar-refractivity contribution in [3.05, 3.63) is 130 Å². The maximum atomic E-state index is 14.7. The first-order valence-corrected chi connectivity index (χ1v) is 20.2. The second-order valence-electron chi connectivity index (χ2n) is 17.9. The van der Waals surface area contributed by atoms with Gasteiger partial charge in [0.15, 0.2) is 0 Å². The van der Waals surface area contributed by atoms with Gasteiger partial charge in [-0.2, -0.15) is 0 Å². The Balaban J connectivity index is 1.07. The number of fused-ring (bicyclic) bond motifs is 6. The summed E-state index contributed by atoms with van der Waals surface area (Å²) in [6.45, 7) is 10.7. The van der Waals surface area contributed by atoms with Crippen molar-refractivity contribution in [3.63, 3.8) is 0 Å². The molecule has 2 fully saturated rings. The normalized spacial score (nSPS) is 30.2. The minimum atomic E-state index is -0.633. The van der Waals surface area contributed by atoms with Gasteiger partial charge < -0.3 is 10.6 Å². The molecule has 2 saturated carbocycles. The van der Waals surface area contributed by atoms with E-state index in [0.29, 0.717) is 0 Å². The van der Waals surface area contributed by atoms with Crippen LogP contribution in [0.25, 0.3) is 0 Å². The predicted octanol–water partition coefficient (Wildman–Crippen LogP) is 9.84. The van der Waals surface area contributed by atoms with Gasteiger partial charge >= 0.3 is 0 Å². The van der Waals surface area contributed by atoms with Crippen LogP contribution in [0.15, 0.2) is 97.1 Å². The van der Waals surface area contributed by atoms with Crippen molar-refractivity contribution in [3.8, 4) is 0 Å². The molecule has 0 spiro atoms. The zero-order valence-corrected chi connectivity index (χ0v) is 32.2. The quantitative estimate of drug-likeness (QED) is 0.148. The fraction of sp³-hybridized carbons (Fsp3) is 0.458. The Morgan fingerprint density at radius 1 is 0.642 bits per heavy atom. The lowest BCUT2D eigenvalue weighted by Crippen LogP contribution is -2.60. The number of aryl methyl sites for hydroxylation is 2. The molecular formula is C48H57N3O2. The highest BCUT2D eigenvalue weighted by molar-refractivity contribution is 6.01. The number of nitrogens with one attached hydrogen (secondary N) is 1. The molecule has 8 rings (SSSR count). The molecule has 4 aliphatic rings. The van der Waals surface area contributed by atoms with E-state index in [1.54, 1.807) is 0 Å². The van der Waals surface area contributed by atoms with Gasteiger partial charge in [-0.1, -0.05) is 113 Å². The molecule has 6 atom stereocenters. The summed E-state index contributed by atoms with van der Waals surface area (Å²) in [6, 6.07) is 34.9. The van der Waals surface area contributed by atoms with Crippen LogP contribution < -0.4 is 16.0 Å². The van der Waals surface area contributed by atoms with Gasteiger partial charge in [-0.05, 0) is 132 Å². The highest BCUT2D eigenvalue weighted by atomic mass is 16.2. The van der Waals surface area contributed by atoms with Gasteiger partial charge in [-0.3, -0.25) is 14.9 Å². The number of rotatable bonds is 7. The minimum Gasteiger partial charge on any atom is -0.399 e. The van der Waals surface area contributed by atoms with Crippen LogP contribution >= 0.6 is 0 Å². The van der Waals surface area contributed by atoms with Crippen molar-refractivity contribution >= 4 is 23.2 Å². The Morgan fingerprint density at radius 3 is 1.62 bits per heavy atom. The number of carbonyl (C=O) groups excluding carboxylic acids is 2. The number of amides is 2. The number of imide groups is 1. The number of anilines is 2. The Labute approximate surface area is 316 Å². The molecule has 0 heterocycles. The number of hydrogen-bond donors (Lipinski definition) is 2. The lowest BCUT2D eigenvalue weighted by Gasteiger charge is -2.56. The average Bonchev–Trinajstić information content (AvgIpc) is 3.15. The molecule has 5 nitrogen and oxygen atoms in total. The molecule has 0 bridgehead atoms. The van der Waals surface area contributed by atoms with Gasteiger partial charge in [-0.25, -0.2) is 0 Å². The van der Waals surface area contributed by atoms with Gasteiger partial charge in [-0.15, -0.1) is 0 Å². The molecule has 276 valence electrons. The molecule has 53 heavy (non-hydrogen) atoms. The Bertz CT molecular complexity index is 1970. The maximum Gasteiger partial charge on any atom is 0.232 e. The second kappa shape index (κ2) is 13.5. The third kappa shape index (κ3) is 6.09. The predicted molar refractivity (Wildman–Crippen MR) is 215 cm³/mol. The largest absolute Gasteiger partial charge is 0.399 e. The number of benzene rings is 4. The lowest BCUT2D eigenvalue weighted by atomic mass is 9.49. The summed E-state index contributed by atoms with van der Waals surface area (Å²) in [5, 5.41) is 3.13. The van der Waals surface area contributed by atoms with Crippen LogP contribution in [0.3, 0.4) is 0 Å². The molecule has 2 amide bonds. The summed E-state index contributed by atoms with van der Waals surface area (Å²) in [6.07, 6.45) is 9.42. The summed E-state index contributed by atoms with van der Waals surface area (Å²) in [5.74, 6) is 0.159. The number of nitrogens with zero attached hydrogens (tertiary/aromatic N) is 1. The van der Waals surface area contributed by atoms with Crippen LogP contribution in [0.1, 0.15) is 112 Å². The van der Waals surface area contributed by atoms with E-state index < -0.39 is 10.8 Å². The van der Waals surface area contributed by atoms with E-state index >= 15 is 0 Å². The van der Waals surface area contributed by atoms with Crippen LogP contribution in [0.4, 0.5) is 11.4 Å². The third-order valence-electron chi connectivity index (χ3n) is 14.8. The van der Waals surface area contributed by atoms with Gasteiger partial charge in [0, 0.05) is 24.5 Å². The zero-order valence-electron chi connectivity index (χ0n) is 32.2. The summed E-state index contributed by atoms with van der Waals surface area (Å²) < 4.78 is 0. The van der Waals surface area contributed by atoms with Gasteiger partial charge in [0.05, 0.1) is 10.8 Å². The van der Waals surface area contributed by atoms with E-state index in [4.69, 9.17) is 5.73 Å². The van der Waals surface area contributed by atoms with E-state index in [1.165, 1.54) is 39.1 Å². The monoisotopic (exact) mass is 707 g/mol. The first-order chi connectivity index (χ1) is 25.4. The van der Waals surface area contributed by atoms with Crippen LogP contribution in [-0.4, -0.2) is 11.8 Å². The van der Waals surface area contributed by atoms with Crippen LogP contribution in [-0.2, 0) is 46.4 Å². The van der Waals surface area contributed by atoms with Crippen molar-refractivity contribution in [2.24, 2.45) is 22.7 Å². The molecule has 5 heteroatoms. The van der Waals surface area contributed by atoms with E-state index in [1.807, 2.05) is 6.07 Å². The van der Waals surface area contributed by atoms with E-state index in [0.717, 1.165) is 83.0 Å². The molecule has 0 radical (unpaired) electrons. The molecular weight excluding hydrogens is 651 g/mol. The van der Waals surface area contributed by atoms with Crippen LogP contribution in [0.5, 0.6) is 0 Å². The number of hydrogen-bond acceptors (Lipinski definition) is 4. The fourth-order valence-electron chi connectivity index (χ4n) is 11.9. The number of nitrogens with two attached hydrogens (primary N) is 1. The van der Waals surface area contributed by atoms with E-state index in [2.05, 4.69) is 129 Å². The Hall–Kier alpha value is -4.38. The maximum absolute atomic E-state index is 14.7. The highest BCUT2D eigenvalue weighted by Crippen LogP contribution is 2.60.